The molecule has 6 rings (SSSR count). The summed E-state index contributed by atoms with van der Waals surface area (Å²) in [6.07, 6.45) is 4.19. The molecule has 0 saturated carbocycles. The number of hydrogen-bond donors (Lipinski definition) is 0. The summed E-state index contributed by atoms with van der Waals surface area (Å²) < 4.78 is 24.6. The van der Waals surface area contributed by atoms with Crippen molar-refractivity contribution in [1.29, 1.82) is 0 Å². The number of para-hydroxylation sites is 2. The fraction of sp³-hybridized carbons (Fsp3) is 0.333. The Kier molecular flexibility index (Phi) is 6.62. The van der Waals surface area contributed by atoms with Gasteiger partial charge in [-0.2, -0.15) is 0 Å². The number of halogens is 1. The van der Waals surface area contributed by atoms with Gasteiger partial charge in [-0.25, -0.2) is 14.1 Å². The summed E-state index contributed by atoms with van der Waals surface area (Å²) in [5.74, 6) is -0.000980. The molecule has 0 aliphatic carbocycles. The summed E-state index contributed by atoms with van der Waals surface area (Å²) in [6.45, 7) is 3.14. The summed E-state index contributed by atoms with van der Waals surface area (Å²) in [7, 11) is 0. The van der Waals surface area contributed by atoms with E-state index in [9.17, 15) is 9.18 Å². The van der Waals surface area contributed by atoms with Gasteiger partial charge in [0.1, 0.15) is 5.82 Å². The Morgan fingerprint density at radius 3 is 2.35 bits per heavy atom. The zero-order valence-electron chi connectivity index (χ0n) is 20.7. The van der Waals surface area contributed by atoms with Crippen molar-refractivity contribution in [1.82, 2.24) is 10.1 Å². The molecule has 0 spiro atoms. The number of benzene rings is 3. The molecule has 3 heterocycles. The van der Waals surface area contributed by atoms with E-state index >= 15 is 0 Å². The Balaban J connectivity index is 1.03. The molecule has 190 valence electrons. The van der Waals surface area contributed by atoms with Crippen molar-refractivity contribution in [2.75, 3.05) is 31.1 Å². The van der Waals surface area contributed by atoms with Crippen molar-refractivity contribution in [3.05, 3.63) is 89.4 Å². The summed E-state index contributed by atoms with van der Waals surface area (Å²) in [5.41, 5.74) is 5.56. The highest BCUT2D eigenvalue weighted by atomic mass is 19.1. The van der Waals surface area contributed by atoms with Gasteiger partial charge in [-0.15, -0.1) is 0 Å². The molecule has 2 aliphatic heterocycles. The first-order valence-corrected chi connectivity index (χ1v) is 13.1. The van der Waals surface area contributed by atoms with E-state index in [1.807, 2.05) is 36.4 Å². The topological polar surface area (TPSA) is 58.8 Å². The molecule has 1 saturated heterocycles. The lowest BCUT2D eigenvalue weighted by Gasteiger charge is -2.31. The van der Waals surface area contributed by atoms with E-state index in [4.69, 9.17) is 9.26 Å². The average Bonchev–Trinajstić information content (AvgIpc) is 3.26. The van der Waals surface area contributed by atoms with Crippen molar-refractivity contribution in [2.45, 2.75) is 38.0 Å². The molecule has 4 aromatic rings. The summed E-state index contributed by atoms with van der Waals surface area (Å²) in [5, 5.41) is 5.15. The van der Waals surface area contributed by atoms with Crippen molar-refractivity contribution >= 4 is 28.4 Å². The monoisotopic (exact) mass is 499 g/mol. The summed E-state index contributed by atoms with van der Waals surface area (Å²) in [4.78, 5) is 17.4. The third-order valence-electron chi connectivity index (χ3n) is 7.59. The van der Waals surface area contributed by atoms with Gasteiger partial charge in [-0.3, -0.25) is 0 Å². The third kappa shape index (κ3) is 4.83. The van der Waals surface area contributed by atoms with Crippen LogP contribution in [0, 0.1) is 5.82 Å². The normalized spacial score (nSPS) is 16.3. The van der Waals surface area contributed by atoms with E-state index in [0.717, 1.165) is 85.3 Å². The minimum Gasteiger partial charge on any atom is -0.449 e. The van der Waals surface area contributed by atoms with Crippen LogP contribution in [0.2, 0.25) is 0 Å². The molecule has 0 unspecified atom stereocenters. The second kappa shape index (κ2) is 10.3. The number of ether oxygens (including phenoxy) is 1. The Morgan fingerprint density at radius 1 is 0.973 bits per heavy atom. The minimum atomic E-state index is -0.324. The molecule has 1 aromatic heterocycles. The van der Waals surface area contributed by atoms with Crippen LogP contribution in [-0.4, -0.2) is 42.4 Å². The Labute approximate surface area is 215 Å². The standard InChI is InChI=1S/C30H30FN3O3/c31-24-12-13-25-28(20-24)37-32-29(25)23-14-17-33(18-15-23)16-5-19-36-30(35)34-26-8-3-1-6-21(26)10-11-22-7-2-4-9-27(22)34/h1-4,6-9,12-13,20,23H,5,10-11,14-19H2. The van der Waals surface area contributed by atoms with Crippen LogP contribution in [0.15, 0.2) is 71.3 Å². The van der Waals surface area contributed by atoms with Gasteiger partial charge in [0.25, 0.3) is 0 Å². The molecule has 1 fully saturated rings. The van der Waals surface area contributed by atoms with Gasteiger partial charge in [0.05, 0.1) is 23.7 Å². The van der Waals surface area contributed by atoms with Gasteiger partial charge < -0.3 is 14.2 Å². The first-order valence-electron chi connectivity index (χ1n) is 13.1. The smallest absolute Gasteiger partial charge is 0.418 e. The van der Waals surface area contributed by atoms with Crippen molar-refractivity contribution < 1.29 is 18.4 Å². The van der Waals surface area contributed by atoms with Crippen LogP contribution in [-0.2, 0) is 17.6 Å². The van der Waals surface area contributed by atoms with Crippen LogP contribution in [0.25, 0.3) is 11.0 Å². The van der Waals surface area contributed by atoms with E-state index in [1.54, 1.807) is 11.0 Å². The van der Waals surface area contributed by atoms with E-state index in [1.165, 1.54) is 12.1 Å². The molecule has 0 atom stereocenters. The number of carbonyl (C=O) groups excluding carboxylic acids is 1. The maximum atomic E-state index is 13.5. The third-order valence-corrected chi connectivity index (χ3v) is 7.59. The predicted octanol–water partition coefficient (Wildman–Crippen LogP) is 6.61. The molecule has 0 radical (unpaired) electrons. The van der Waals surface area contributed by atoms with Gasteiger partial charge in [0, 0.05) is 23.9 Å². The Hall–Kier alpha value is -3.71. The highest BCUT2D eigenvalue weighted by molar-refractivity contribution is 5.98. The van der Waals surface area contributed by atoms with E-state index in [-0.39, 0.29) is 11.9 Å². The lowest BCUT2D eigenvalue weighted by molar-refractivity contribution is 0.142. The second-order valence-corrected chi connectivity index (χ2v) is 9.88. The molecule has 0 N–H and O–H groups in total. The number of fused-ring (bicyclic) bond motifs is 3. The van der Waals surface area contributed by atoms with Crippen LogP contribution in [0.5, 0.6) is 0 Å². The molecular weight excluding hydrogens is 469 g/mol. The quantitative estimate of drug-likeness (QED) is 0.289. The zero-order chi connectivity index (χ0) is 25.2. The number of piperidine rings is 1. The summed E-state index contributed by atoms with van der Waals surface area (Å²) in [6, 6.07) is 20.8. The minimum absolute atomic E-state index is 0.309. The maximum absolute atomic E-state index is 13.5. The number of amides is 1. The number of rotatable bonds is 5. The SMILES string of the molecule is O=C(OCCCN1CCC(c2noc3cc(F)ccc23)CC1)N1c2ccccc2CCc2ccccc21. The maximum Gasteiger partial charge on any atom is 0.418 e. The average molecular weight is 500 g/mol. The van der Waals surface area contributed by atoms with Crippen molar-refractivity contribution in [3.8, 4) is 0 Å². The largest absolute Gasteiger partial charge is 0.449 e. The number of anilines is 2. The van der Waals surface area contributed by atoms with E-state index in [0.29, 0.717) is 18.1 Å². The van der Waals surface area contributed by atoms with Gasteiger partial charge in [-0.1, -0.05) is 41.6 Å². The highest BCUT2D eigenvalue weighted by Crippen LogP contribution is 2.36. The molecular formula is C30H30FN3O3. The summed E-state index contributed by atoms with van der Waals surface area (Å²) >= 11 is 0. The second-order valence-electron chi connectivity index (χ2n) is 9.88. The molecule has 3 aromatic carbocycles. The van der Waals surface area contributed by atoms with Gasteiger partial charge in [0.2, 0.25) is 0 Å². The molecule has 37 heavy (non-hydrogen) atoms. The van der Waals surface area contributed by atoms with Gasteiger partial charge in [0.15, 0.2) is 5.58 Å². The highest BCUT2D eigenvalue weighted by Gasteiger charge is 2.27. The first-order chi connectivity index (χ1) is 18.2. The molecule has 1 amide bonds. The van der Waals surface area contributed by atoms with Crippen LogP contribution < -0.4 is 4.90 Å². The number of likely N-dealkylation sites (tertiary alicyclic amines) is 1. The molecule has 6 nitrogen and oxygen atoms in total. The van der Waals surface area contributed by atoms with Gasteiger partial charge >= 0.3 is 6.09 Å². The van der Waals surface area contributed by atoms with Crippen LogP contribution in [0.1, 0.15) is 42.0 Å². The fourth-order valence-corrected chi connectivity index (χ4v) is 5.64. The van der Waals surface area contributed by atoms with Crippen LogP contribution in [0.4, 0.5) is 20.6 Å². The Bertz CT molecular complexity index is 1360. The number of nitrogens with zero attached hydrogens (tertiary/aromatic N) is 3. The van der Waals surface area contributed by atoms with Crippen LogP contribution in [0.3, 0.4) is 0 Å². The van der Waals surface area contributed by atoms with E-state index in [2.05, 4.69) is 22.2 Å². The van der Waals surface area contributed by atoms with Crippen LogP contribution >= 0.6 is 0 Å². The molecule has 2 aliphatic rings. The number of hydrogen-bond acceptors (Lipinski definition) is 5. The zero-order valence-corrected chi connectivity index (χ0v) is 20.7. The lowest BCUT2D eigenvalue weighted by atomic mass is 9.91. The lowest BCUT2D eigenvalue weighted by Crippen LogP contribution is -2.34. The number of aryl methyl sites for hydroxylation is 2. The number of aromatic nitrogens is 1. The Morgan fingerprint density at radius 2 is 1.65 bits per heavy atom. The molecule has 7 heteroatoms. The van der Waals surface area contributed by atoms with E-state index < -0.39 is 0 Å². The number of carbonyl (C=O) groups is 1. The molecule has 0 bridgehead atoms. The fourth-order valence-electron chi connectivity index (χ4n) is 5.64. The van der Waals surface area contributed by atoms with Crippen molar-refractivity contribution in [2.24, 2.45) is 0 Å². The van der Waals surface area contributed by atoms with Crippen molar-refractivity contribution in [3.63, 3.8) is 0 Å². The predicted molar refractivity (Wildman–Crippen MR) is 141 cm³/mol. The first kappa shape index (κ1) is 23.7. The van der Waals surface area contributed by atoms with Gasteiger partial charge in [-0.05, 0) is 80.6 Å².